The van der Waals surface area contributed by atoms with Crippen LogP contribution in [0.25, 0.3) is 0 Å². The summed E-state index contributed by atoms with van der Waals surface area (Å²) in [5.74, 6) is -1.77. The summed E-state index contributed by atoms with van der Waals surface area (Å²) in [6.45, 7) is 4.43. The molecule has 0 fully saturated rings. The SMILES string of the molecule is CC(C)(C)C(=O)c1cc(NS(=O)(=O)C(F)(F)F)c(Cl)cc1F. The first-order valence-corrected chi connectivity index (χ1v) is 7.66. The number of anilines is 1. The van der Waals surface area contributed by atoms with E-state index in [1.54, 1.807) is 0 Å². The number of nitrogens with one attached hydrogen (secondary N) is 1. The topological polar surface area (TPSA) is 63.2 Å². The third-order valence-electron chi connectivity index (χ3n) is 2.53. The fraction of sp³-hybridized carbons (Fsp3) is 0.417. The number of Topliss-reactive ketones (excluding diaryl/α,β-unsaturated/α-hetero) is 1. The minimum absolute atomic E-state index is 0.559. The van der Waals surface area contributed by atoms with E-state index in [2.05, 4.69) is 0 Å². The number of hydrogen-bond donors (Lipinski definition) is 1. The molecular formula is C12H12ClF4NO3S. The van der Waals surface area contributed by atoms with Gasteiger partial charge in [0.15, 0.2) is 5.78 Å². The molecule has 0 saturated carbocycles. The molecule has 0 heterocycles. The van der Waals surface area contributed by atoms with Gasteiger partial charge in [0.25, 0.3) is 0 Å². The number of carbonyl (C=O) groups excluding carboxylic acids is 1. The van der Waals surface area contributed by atoms with Crippen LogP contribution < -0.4 is 4.72 Å². The van der Waals surface area contributed by atoms with E-state index < -0.39 is 48.8 Å². The van der Waals surface area contributed by atoms with Gasteiger partial charge in [-0.3, -0.25) is 9.52 Å². The zero-order valence-corrected chi connectivity index (χ0v) is 13.2. The lowest BCUT2D eigenvalue weighted by molar-refractivity contribution is -0.0429. The fourth-order valence-electron chi connectivity index (χ4n) is 1.41. The Hall–Kier alpha value is -1.35. The Morgan fingerprint density at radius 1 is 1.18 bits per heavy atom. The molecule has 0 aliphatic carbocycles. The number of carbonyl (C=O) groups is 1. The van der Waals surface area contributed by atoms with E-state index in [1.807, 2.05) is 0 Å². The molecule has 0 unspecified atom stereocenters. The van der Waals surface area contributed by atoms with Crippen LogP contribution in [0.4, 0.5) is 23.2 Å². The first-order valence-electron chi connectivity index (χ1n) is 5.80. The number of rotatable bonds is 3. The van der Waals surface area contributed by atoms with Crippen molar-refractivity contribution in [3.8, 4) is 0 Å². The summed E-state index contributed by atoms with van der Waals surface area (Å²) in [7, 11) is -5.73. The van der Waals surface area contributed by atoms with Gasteiger partial charge < -0.3 is 0 Å². The summed E-state index contributed by atoms with van der Waals surface area (Å²) in [4.78, 5) is 12.0. The molecule has 0 spiro atoms. The standard InChI is InChI=1S/C12H12ClF4NO3S/c1-11(2,3)10(19)6-4-9(7(13)5-8(6)14)18-22(20,21)12(15,16)17/h4-5,18H,1-3H3. The second-order valence-electron chi connectivity index (χ2n) is 5.44. The molecule has 1 N–H and O–H groups in total. The zero-order chi connectivity index (χ0) is 17.5. The monoisotopic (exact) mass is 361 g/mol. The van der Waals surface area contributed by atoms with Crippen LogP contribution in [0, 0.1) is 11.2 Å². The maximum Gasteiger partial charge on any atom is 0.516 e. The van der Waals surface area contributed by atoms with Crippen LogP contribution in [0.5, 0.6) is 0 Å². The Kier molecular flexibility index (Phi) is 4.84. The summed E-state index contributed by atoms with van der Waals surface area (Å²) in [5, 5.41) is -0.601. The van der Waals surface area contributed by atoms with Gasteiger partial charge in [-0.15, -0.1) is 0 Å². The van der Waals surface area contributed by atoms with Crippen molar-refractivity contribution in [2.45, 2.75) is 26.3 Å². The molecule has 1 aromatic carbocycles. The Labute approximate surface area is 129 Å². The second-order valence-corrected chi connectivity index (χ2v) is 7.52. The molecule has 124 valence electrons. The van der Waals surface area contributed by atoms with E-state index in [0.717, 1.165) is 0 Å². The van der Waals surface area contributed by atoms with E-state index in [1.165, 1.54) is 25.5 Å². The molecular weight excluding hydrogens is 350 g/mol. The van der Waals surface area contributed by atoms with Gasteiger partial charge >= 0.3 is 15.5 Å². The van der Waals surface area contributed by atoms with Crippen LogP contribution in [0.3, 0.4) is 0 Å². The van der Waals surface area contributed by atoms with Gasteiger partial charge in [-0.05, 0) is 12.1 Å². The predicted octanol–water partition coefficient (Wildman–Crippen LogP) is 3.97. The average molecular weight is 362 g/mol. The van der Waals surface area contributed by atoms with Crippen LogP contribution in [0.1, 0.15) is 31.1 Å². The summed E-state index contributed by atoms with van der Waals surface area (Å²) >= 11 is 5.53. The number of hydrogen-bond acceptors (Lipinski definition) is 3. The molecule has 0 aliphatic rings. The third-order valence-corrected chi connectivity index (χ3v) is 3.94. The molecule has 0 bridgehead atoms. The number of sulfonamides is 1. The molecule has 0 saturated heterocycles. The van der Waals surface area contributed by atoms with Crippen molar-refractivity contribution < 1.29 is 30.8 Å². The largest absolute Gasteiger partial charge is 0.516 e. The molecule has 4 nitrogen and oxygen atoms in total. The summed E-state index contributed by atoms with van der Waals surface area (Å²) in [5.41, 5.74) is -7.88. The number of benzene rings is 1. The number of ketones is 1. The van der Waals surface area contributed by atoms with E-state index >= 15 is 0 Å². The highest BCUT2D eigenvalue weighted by Crippen LogP contribution is 2.33. The quantitative estimate of drug-likeness (QED) is 0.654. The van der Waals surface area contributed by atoms with Crippen molar-refractivity contribution in [2.75, 3.05) is 4.72 Å². The van der Waals surface area contributed by atoms with Crippen LogP contribution in [0.2, 0.25) is 5.02 Å². The minimum Gasteiger partial charge on any atom is -0.293 e. The predicted molar refractivity (Wildman–Crippen MR) is 73.8 cm³/mol. The Balaban J connectivity index is 3.39. The van der Waals surface area contributed by atoms with Crippen LogP contribution >= 0.6 is 11.6 Å². The molecule has 0 aliphatic heterocycles. The normalized spacial score (nSPS) is 13.1. The molecule has 1 aromatic rings. The van der Waals surface area contributed by atoms with Crippen molar-refractivity contribution in [1.29, 1.82) is 0 Å². The van der Waals surface area contributed by atoms with Crippen molar-refractivity contribution in [3.63, 3.8) is 0 Å². The van der Waals surface area contributed by atoms with Crippen LogP contribution in [-0.2, 0) is 10.0 Å². The lowest BCUT2D eigenvalue weighted by Gasteiger charge is -2.18. The van der Waals surface area contributed by atoms with Crippen molar-refractivity contribution in [2.24, 2.45) is 5.41 Å². The second kappa shape index (κ2) is 5.69. The number of alkyl halides is 3. The van der Waals surface area contributed by atoms with Gasteiger partial charge in [0.2, 0.25) is 0 Å². The summed E-state index contributed by atoms with van der Waals surface area (Å²) < 4.78 is 74.1. The van der Waals surface area contributed by atoms with Gasteiger partial charge in [-0.25, -0.2) is 4.39 Å². The highest BCUT2D eigenvalue weighted by atomic mass is 35.5. The smallest absolute Gasteiger partial charge is 0.293 e. The maximum atomic E-state index is 13.8. The highest BCUT2D eigenvalue weighted by molar-refractivity contribution is 7.93. The van der Waals surface area contributed by atoms with Crippen molar-refractivity contribution in [1.82, 2.24) is 0 Å². The summed E-state index contributed by atoms with van der Waals surface area (Å²) in [6, 6.07) is 1.23. The fourth-order valence-corrected chi connectivity index (χ4v) is 2.24. The maximum absolute atomic E-state index is 13.8. The summed E-state index contributed by atoms with van der Waals surface area (Å²) in [6.07, 6.45) is 0. The van der Waals surface area contributed by atoms with Crippen molar-refractivity contribution in [3.05, 3.63) is 28.5 Å². The van der Waals surface area contributed by atoms with E-state index in [4.69, 9.17) is 11.6 Å². The Bertz CT molecular complexity index is 708. The van der Waals surface area contributed by atoms with E-state index in [9.17, 15) is 30.8 Å². The van der Waals surface area contributed by atoms with Gasteiger partial charge in [-0.2, -0.15) is 21.6 Å². The minimum atomic E-state index is -5.73. The average Bonchev–Trinajstić information content (AvgIpc) is 2.29. The van der Waals surface area contributed by atoms with E-state index in [0.29, 0.717) is 12.1 Å². The zero-order valence-electron chi connectivity index (χ0n) is 11.7. The van der Waals surface area contributed by atoms with Gasteiger partial charge in [0, 0.05) is 5.41 Å². The first kappa shape index (κ1) is 18.7. The number of halogens is 5. The van der Waals surface area contributed by atoms with Gasteiger partial charge in [0.05, 0.1) is 16.3 Å². The molecule has 10 heteroatoms. The molecule has 0 atom stereocenters. The van der Waals surface area contributed by atoms with Gasteiger partial charge in [-0.1, -0.05) is 32.4 Å². The molecule has 0 radical (unpaired) electrons. The Morgan fingerprint density at radius 3 is 2.09 bits per heavy atom. The van der Waals surface area contributed by atoms with Crippen LogP contribution in [0.15, 0.2) is 12.1 Å². The molecule has 1 rings (SSSR count). The molecule has 22 heavy (non-hydrogen) atoms. The Morgan fingerprint density at radius 2 is 1.68 bits per heavy atom. The first-order chi connectivity index (χ1) is 9.67. The van der Waals surface area contributed by atoms with E-state index in [-0.39, 0.29) is 0 Å². The lowest BCUT2D eigenvalue weighted by atomic mass is 9.86. The molecule has 0 amide bonds. The van der Waals surface area contributed by atoms with Crippen LogP contribution in [-0.4, -0.2) is 19.7 Å². The molecule has 0 aromatic heterocycles. The third kappa shape index (κ3) is 3.89. The van der Waals surface area contributed by atoms with Gasteiger partial charge in [0.1, 0.15) is 5.82 Å². The highest BCUT2D eigenvalue weighted by Gasteiger charge is 2.46. The lowest BCUT2D eigenvalue weighted by Crippen LogP contribution is -2.30. The van der Waals surface area contributed by atoms with Crippen molar-refractivity contribution >= 4 is 33.1 Å².